The van der Waals surface area contributed by atoms with Crippen molar-refractivity contribution in [2.45, 2.75) is 67.7 Å². The molecule has 0 saturated carbocycles. The molecule has 1 N–H and O–H groups in total. The fourth-order valence-corrected chi connectivity index (χ4v) is 10.5. The van der Waals surface area contributed by atoms with Crippen LogP contribution in [0.2, 0.25) is 0 Å². The first-order chi connectivity index (χ1) is 21.7. The Balaban J connectivity index is 1.27. The van der Waals surface area contributed by atoms with Gasteiger partial charge in [-0.2, -0.15) is 9.97 Å². The highest BCUT2D eigenvalue weighted by Crippen LogP contribution is 2.42. The molecule has 0 radical (unpaired) electrons. The van der Waals surface area contributed by atoms with E-state index in [1.807, 2.05) is 30.0 Å². The molecule has 4 fully saturated rings. The largest absolute Gasteiger partial charge is 0.508 e. The summed E-state index contributed by atoms with van der Waals surface area (Å²) in [7, 11) is -3.22. The quantitative estimate of drug-likeness (QED) is 0.314. The van der Waals surface area contributed by atoms with Gasteiger partial charge in [-0.15, -0.1) is 0 Å². The summed E-state index contributed by atoms with van der Waals surface area (Å²) in [5, 5.41) is 11.5. The maximum Gasteiger partial charge on any atom is 0.319 e. The minimum atomic E-state index is -3.22. The lowest BCUT2D eigenvalue weighted by molar-refractivity contribution is 0.107. The van der Waals surface area contributed by atoms with Crippen molar-refractivity contribution >= 4 is 37.3 Å². The van der Waals surface area contributed by atoms with Crippen LogP contribution in [-0.4, -0.2) is 88.4 Å². The van der Waals surface area contributed by atoms with E-state index in [9.17, 15) is 17.9 Å². The summed E-state index contributed by atoms with van der Waals surface area (Å²) in [4.78, 5) is 17.9. The zero-order valence-corrected chi connectivity index (χ0v) is 25.9. The molecule has 4 aliphatic rings. The highest BCUT2D eigenvalue weighted by atomic mass is 32.2. The summed E-state index contributed by atoms with van der Waals surface area (Å²) in [6.45, 7) is 3.86. The zero-order valence-electron chi connectivity index (χ0n) is 25.0. The molecule has 4 aromatic rings. The minimum Gasteiger partial charge on any atom is -0.508 e. The maximum atomic E-state index is 16.8. The van der Waals surface area contributed by atoms with E-state index in [0.717, 1.165) is 35.7 Å². The third-order valence-corrected chi connectivity index (χ3v) is 13.1. The molecule has 2 aromatic carbocycles. The standard InChI is InChI=1S/C33H35F2N5O4S/c1-2-19-5-3-6-20-11-22(41)12-25(27(19)20)29-28(35)30-26(14-36-29)31(39-16-23-7-8-24(17-39)45(23,42)43)38-32(37-30)44-18-33-9-4-10-40(33)15-21(34)13-33/h3,5-6,11-12,14,21,23-24,41H,2,4,7-10,13,15-18H2,1H3/t21-,23?,24?,33+/m1/s1. The molecular weight excluding hydrogens is 600 g/mol. The lowest BCUT2D eigenvalue weighted by Gasteiger charge is -2.33. The topological polar surface area (TPSA) is 109 Å². The number of benzene rings is 2. The number of aryl methyl sites for hydroxylation is 1. The van der Waals surface area contributed by atoms with Crippen molar-refractivity contribution in [1.29, 1.82) is 0 Å². The van der Waals surface area contributed by atoms with Gasteiger partial charge >= 0.3 is 6.01 Å². The number of phenols is 1. The second-order valence-corrected chi connectivity index (χ2v) is 15.6. The molecule has 0 spiro atoms. The van der Waals surface area contributed by atoms with Gasteiger partial charge in [-0.1, -0.05) is 25.1 Å². The molecule has 4 aliphatic heterocycles. The van der Waals surface area contributed by atoms with Crippen LogP contribution in [0.5, 0.6) is 11.8 Å². The number of aromatic hydroxyl groups is 1. The van der Waals surface area contributed by atoms with E-state index in [-0.39, 0.29) is 42.7 Å². The molecule has 12 heteroatoms. The van der Waals surface area contributed by atoms with Crippen molar-refractivity contribution < 1.29 is 27.0 Å². The molecular formula is C33H35F2N5O4S. The summed E-state index contributed by atoms with van der Waals surface area (Å²) in [6, 6.07) is 8.89. The lowest BCUT2D eigenvalue weighted by atomic mass is 9.95. The summed E-state index contributed by atoms with van der Waals surface area (Å²) < 4.78 is 63.3. The van der Waals surface area contributed by atoms with E-state index >= 15 is 4.39 Å². The fourth-order valence-electron chi connectivity index (χ4n) is 8.24. The Kier molecular flexibility index (Phi) is 6.69. The monoisotopic (exact) mass is 635 g/mol. The number of ether oxygens (including phenoxy) is 1. The Labute approximate surface area is 260 Å². The second-order valence-electron chi connectivity index (χ2n) is 13.1. The van der Waals surface area contributed by atoms with Crippen molar-refractivity contribution in [3.8, 4) is 23.0 Å². The van der Waals surface area contributed by atoms with Gasteiger partial charge < -0.3 is 14.7 Å². The van der Waals surface area contributed by atoms with Gasteiger partial charge in [-0.05, 0) is 67.1 Å². The van der Waals surface area contributed by atoms with E-state index in [0.29, 0.717) is 49.0 Å². The summed E-state index contributed by atoms with van der Waals surface area (Å²) in [6.07, 6.45) is 4.59. The third kappa shape index (κ3) is 4.54. The molecule has 6 heterocycles. The average Bonchev–Trinajstić information content (AvgIpc) is 3.55. The number of hydrogen-bond donors (Lipinski definition) is 1. The van der Waals surface area contributed by atoms with Crippen LogP contribution in [0.15, 0.2) is 36.5 Å². The molecule has 236 valence electrons. The highest BCUT2D eigenvalue weighted by molar-refractivity contribution is 7.93. The van der Waals surface area contributed by atoms with Crippen LogP contribution < -0.4 is 9.64 Å². The second kappa shape index (κ2) is 10.4. The number of rotatable bonds is 6. The first-order valence-electron chi connectivity index (χ1n) is 15.8. The molecule has 8 rings (SSSR count). The summed E-state index contributed by atoms with van der Waals surface area (Å²) in [5.74, 6) is -0.311. The van der Waals surface area contributed by atoms with Gasteiger partial charge in [-0.3, -0.25) is 9.88 Å². The number of alkyl halides is 1. The van der Waals surface area contributed by atoms with Crippen LogP contribution >= 0.6 is 0 Å². The highest BCUT2D eigenvalue weighted by Gasteiger charge is 2.50. The van der Waals surface area contributed by atoms with Crippen molar-refractivity contribution in [2.24, 2.45) is 0 Å². The lowest BCUT2D eigenvalue weighted by Crippen LogP contribution is -2.47. The van der Waals surface area contributed by atoms with Gasteiger partial charge in [0, 0.05) is 37.8 Å². The number of anilines is 1. The zero-order chi connectivity index (χ0) is 31.1. The van der Waals surface area contributed by atoms with Crippen LogP contribution in [0, 0.1) is 5.82 Å². The van der Waals surface area contributed by atoms with Gasteiger partial charge in [0.25, 0.3) is 0 Å². The molecule has 0 aliphatic carbocycles. The van der Waals surface area contributed by atoms with Crippen LogP contribution in [0.25, 0.3) is 32.9 Å². The summed E-state index contributed by atoms with van der Waals surface area (Å²) in [5.41, 5.74) is 1.03. The predicted molar refractivity (Wildman–Crippen MR) is 168 cm³/mol. The number of nitrogens with zero attached hydrogens (tertiary/aromatic N) is 5. The van der Waals surface area contributed by atoms with Crippen molar-refractivity contribution in [1.82, 2.24) is 19.9 Å². The van der Waals surface area contributed by atoms with Gasteiger partial charge in [0.05, 0.1) is 21.4 Å². The van der Waals surface area contributed by atoms with Crippen molar-refractivity contribution in [2.75, 3.05) is 37.7 Å². The molecule has 0 amide bonds. The van der Waals surface area contributed by atoms with Gasteiger partial charge in [0.2, 0.25) is 0 Å². The third-order valence-electron chi connectivity index (χ3n) is 10.4. The van der Waals surface area contributed by atoms with Crippen molar-refractivity contribution in [3.63, 3.8) is 0 Å². The van der Waals surface area contributed by atoms with Crippen LogP contribution in [0.4, 0.5) is 14.6 Å². The maximum absolute atomic E-state index is 16.8. The Morgan fingerprint density at radius 3 is 2.71 bits per heavy atom. The van der Waals surface area contributed by atoms with Crippen LogP contribution in [-0.2, 0) is 16.3 Å². The SMILES string of the molecule is CCc1cccc2cc(O)cc(-c3ncc4c(N5CC6CCC(C5)S6(=O)=O)nc(OC[C@@]56CCCN5C[C@H](F)C6)nc4c3F)c12. The predicted octanol–water partition coefficient (Wildman–Crippen LogP) is 4.97. The molecule has 4 saturated heterocycles. The minimum absolute atomic E-state index is 0.00168. The Morgan fingerprint density at radius 2 is 1.93 bits per heavy atom. The first-order valence-corrected chi connectivity index (χ1v) is 17.4. The number of aromatic nitrogens is 3. The molecule has 45 heavy (non-hydrogen) atoms. The molecule has 9 nitrogen and oxygen atoms in total. The van der Waals surface area contributed by atoms with Gasteiger partial charge in [0.1, 0.15) is 35.6 Å². The van der Waals surface area contributed by atoms with Gasteiger partial charge in [-0.25, -0.2) is 17.2 Å². The molecule has 2 aromatic heterocycles. The Morgan fingerprint density at radius 1 is 1.13 bits per heavy atom. The van der Waals surface area contributed by atoms with E-state index in [2.05, 4.69) is 14.9 Å². The normalized spacial score (nSPS) is 27.4. The smallest absolute Gasteiger partial charge is 0.319 e. The summed E-state index contributed by atoms with van der Waals surface area (Å²) >= 11 is 0. The molecule has 2 unspecified atom stereocenters. The first kappa shape index (κ1) is 28.8. The number of halogens is 2. The number of sulfone groups is 1. The van der Waals surface area contributed by atoms with E-state index in [4.69, 9.17) is 9.72 Å². The fraction of sp³-hybridized carbons (Fsp3) is 0.485. The van der Waals surface area contributed by atoms with E-state index in [1.165, 1.54) is 12.3 Å². The molecule has 4 atom stereocenters. The number of pyridine rings is 1. The van der Waals surface area contributed by atoms with Gasteiger partial charge in [0.15, 0.2) is 15.7 Å². The van der Waals surface area contributed by atoms with Crippen molar-refractivity contribution in [3.05, 3.63) is 47.9 Å². The Hall–Kier alpha value is -3.64. The van der Waals surface area contributed by atoms with E-state index < -0.39 is 37.9 Å². The number of phenolic OH excluding ortho intramolecular Hbond substituents is 1. The van der Waals surface area contributed by atoms with Crippen LogP contribution in [0.3, 0.4) is 0 Å². The average molecular weight is 636 g/mol. The Bertz CT molecular complexity index is 1940. The molecule has 2 bridgehead atoms. The number of fused-ring (bicyclic) bond motifs is 5. The van der Waals surface area contributed by atoms with Crippen LogP contribution in [0.1, 0.15) is 44.6 Å². The number of hydrogen-bond acceptors (Lipinski definition) is 9. The van der Waals surface area contributed by atoms with E-state index in [1.54, 1.807) is 6.07 Å².